The number of aryl methyl sites for hydroxylation is 1. The summed E-state index contributed by atoms with van der Waals surface area (Å²) in [5.74, 6) is -0.421. The average molecular weight is 611 g/mol. The van der Waals surface area contributed by atoms with E-state index in [1.165, 1.54) is 29.2 Å². The molecule has 0 spiro atoms. The molecule has 2 aliphatic carbocycles. The number of carboxylic acids is 1. The van der Waals surface area contributed by atoms with Crippen LogP contribution < -0.4 is 15.1 Å². The number of nitrogens with one attached hydrogen (secondary N) is 1. The number of hydrogen-bond acceptors (Lipinski definition) is 10. The third kappa shape index (κ3) is 5.63. The number of hydrogen-bond donors (Lipinski definition) is 2. The summed E-state index contributed by atoms with van der Waals surface area (Å²) in [7, 11) is 1.45. The number of anilines is 3. The van der Waals surface area contributed by atoms with Crippen LogP contribution >= 0.6 is 0 Å². The Labute approximate surface area is 256 Å². The lowest BCUT2D eigenvalue weighted by Crippen LogP contribution is -2.30. The van der Waals surface area contributed by atoms with E-state index in [1.807, 2.05) is 23.6 Å². The molecule has 4 aromatic rings. The average Bonchev–Trinajstić information content (AvgIpc) is 3.94. The van der Waals surface area contributed by atoms with E-state index in [9.17, 15) is 24.3 Å². The zero-order chi connectivity index (χ0) is 31.4. The Hall–Kier alpha value is -5.47. The number of aliphatic carboxylic acids is 1. The summed E-state index contributed by atoms with van der Waals surface area (Å²) in [6, 6.07) is 4.82. The van der Waals surface area contributed by atoms with Crippen LogP contribution in [0, 0.1) is 12.8 Å². The maximum absolute atomic E-state index is 13.0. The number of amides is 4. The molecule has 0 bridgehead atoms. The monoisotopic (exact) mass is 610 g/mol. The molecule has 1 aliphatic heterocycles. The zero-order valence-electron chi connectivity index (χ0n) is 24.6. The summed E-state index contributed by atoms with van der Waals surface area (Å²) in [6.45, 7) is 1.47. The molecule has 15 nitrogen and oxygen atoms in total. The molecule has 0 aromatic carbocycles. The van der Waals surface area contributed by atoms with E-state index in [4.69, 9.17) is 4.98 Å². The van der Waals surface area contributed by atoms with E-state index in [0.717, 1.165) is 29.0 Å². The molecule has 5 heterocycles. The summed E-state index contributed by atoms with van der Waals surface area (Å²) in [4.78, 5) is 76.0. The van der Waals surface area contributed by atoms with E-state index in [1.54, 1.807) is 18.5 Å². The summed E-state index contributed by atoms with van der Waals surface area (Å²) >= 11 is 0. The van der Waals surface area contributed by atoms with Gasteiger partial charge >= 0.3 is 12.0 Å². The van der Waals surface area contributed by atoms with Crippen molar-refractivity contribution in [3.8, 4) is 0 Å². The van der Waals surface area contributed by atoms with Crippen LogP contribution in [0.1, 0.15) is 53.9 Å². The maximum atomic E-state index is 13.0. The number of nitrogens with zero attached hydrogens (tertiary/aromatic N) is 9. The van der Waals surface area contributed by atoms with Crippen molar-refractivity contribution in [2.45, 2.75) is 44.6 Å². The van der Waals surface area contributed by atoms with E-state index in [0.29, 0.717) is 35.2 Å². The lowest BCUT2D eigenvalue weighted by atomic mass is 10.1. The van der Waals surface area contributed by atoms with Crippen LogP contribution in [0.5, 0.6) is 0 Å². The molecule has 3 aliphatic rings. The molecule has 230 valence electrons. The molecule has 15 heteroatoms. The van der Waals surface area contributed by atoms with Crippen molar-refractivity contribution in [3.05, 3.63) is 65.9 Å². The predicted octanol–water partition coefficient (Wildman–Crippen LogP) is 2.33. The molecular weight excluding hydrogens is 580 g/mol. The SMILES string of the molecule is Cc1ccnc([C@H]2C[C@@H]2C(=O)Nc2cc(N(CC(=O)O)Cc3cn4cc(C5CC5)cc(N5CC(=O)N(C)C5=O)c4n3)ncn2)n1. The number of urea groups is 1. The molecule has 7 rings (SSSR count). The normalized spacial score (nSPS) is 19.3. The van der Waals surface area contributed by atoms with Crippen molar-refractivity contribution in [1.82, 2.24) is 34.2 Å². The Bertz CT molecular complexity index is 1870. The van der Waals surface area contributed by atoms with Crippen molar-refractivity contribution in [1.29, 1.82) is 0 Å². The maximum Gasteiger partial charge on any atom is 0.331 e. The first-order chi connectivity index (χ1) is 21.6. The van der Waals surface area contributed by atoms with Crippen molar-refractivity contribution in [3.63, 3.8) is 0 Å². The van der Waals surface area contributed by atoms with Crippen molar-refractivity contribution >= 4 is 46.8 Å². The fourth-order valence-corrected chi connectivity index (χ4v) is 5.65. The van der Waals surface area contributed by atoms with Crippen molar-refractivity contribution < 1.29 is 24.3 Å². The Morgan fingerprint density at radius 2 is 1.93 bits per heavy atom. The first-order valence-electron chi connectivity index (χ1n) is 14.6. The number of carbonyl (C=O) groups is 4. The highest BCUT2D eigenvalue weighted by Gasteiger charge is 2.46. The number of imide groups is 1. The third-order valence-electron chi connectivity index (χ3n) is 8.31. The van der Waals surface area contributed by atoms with Crippen molar-refractivity contribution in [2.75, 3.05) is 35.3 Å². The van der Waals surface area contributed by atoms with Crippen LogP contribution in [-0.2, 0) is 20.9 Å². The first kappa shape index (κ1) is 28.3. The van der Waals surface area contributed by atoms with E-state index in [-0.39, 0.29) is 48.4 Å². The molecule has 45 heavy (non-hydrogen) atoms. The number of carbonyl (C=O) groups excluding carboxylic acids is 3. The molecule has 1 saturated heterocycles. The van der Waals surface area contributed by atoms with Crippen LogP contribution in [0.15, 0.2) is 43.1 Å². The highest BCUT2D eigenvalue weighted by atomic mass is 16.4. The molecule has 2 atom stereocenters. The van der Waals surface area contributed by atoms with Gasteiger partial charge in [-0.1, -0.05) is 0 Å². The molecular formula is C30H30N10O5. The molecule has 2 saturated carbocycles. The van der Waals surface area contributed by atoms with Gasteiger partial charge in [-0.2, -0.15) is 0 Å². The van der Waals surface area contributed by atoms with E-state index >= 15 is 0 Å². The zero-order valence-corrected chi connectivity index (χ0v) is 24.6. The standard InChI is InChI=1S/C30H30N10O5/c1-16-5-6-31-27(34-16)20-8-21(20)29(44)36-23-9-24(33-15-32-23)38(14-26(42)43)11-19-12-39-10-18(17-3-4-17)7-22(28(39)35-19)40-13-25(41)37(2)30(40)45/h5-7,9-10,12,15,17,20-21H,3-4,8,11,13-14H2,1-2H3,(H,42,43)(H,32,33,36,44)/t20-,21-/m0/s1. The minimum atomic E-state index is -1.08. The third-order valence-corrected chi connectivity index (χ3v) is 8.31. The summed E-state index contributed by atoms with van der Waals surface area (Å²) < 4.78 is 1.82. The Balaban J connectivity index is 1.13. The highest BCUT2D eigenvalue weighted by molar-refractivity contribution is 6.13. The van der Waals surface area contributed by atoms with Gasteiger partial charge in [0.15, 0.2) is 5.65 Å². The van der Waals surface area contributed by atoms with Crippen LogP contribution in [-0.4, -0.2) is 83.3 Å². The van der Waals surface area contributed by atoms with Crippen LogP contribution in [0.2, 0.25) is 0 Å². The molecule has 4 aromatic heterocycles. The van der Waals surface area contributed by atoms with Gasteiger partial charge in [0, 0.05) is 49.2 Å². The number of rotatable bonds is 10. The minimum absolute atomic E-state index is 0.0653. The van der Waals surface area contributed by atoms with Gasteiger partial charge in [-0.3, -0.25) is 24.2 Å². The van der Waals surface area contributed by atoms with Gasteiger partial charge in [0.05, 0.1) is 17.9 Å². The summed E-state index contributed by atoms with van der Waals surface area (Å²) in [6.07, 6.45) is 9.41. The number of pyridine rings is 1. The minimum Gasteiger partial charge on any atom is -0.480 e. The van der Waals surface area contributed by atoms with Crippen LogP contribution in [0.3, 0.4) is 0 Å². The number of aromatic nitrogens is 6. The second kappa shape index (κ2) is 10.9. The van der Waals surface area contributed by atoms with Gasteiger partial charge in [-0.25, -0.2) is 29.7 Å². The molecule has 2 N–H and O–H groups in total. The van der Waals surface area contributed by atoms with Gasteiger partial charge in [0.1, 0.15) is 36.9 Å². The number of imidazole rings is 1. The highest BCUT2D eigenvalue weighted by Crippen LogP contribution is 2.46. The molecule has 3 fully saturated rings. The van der Waals surface area contributed by atoms with Gasteiger partial charge in [0.2, 0.25) is 11.8 Å². The number of carboxylic acid groups (broad SMARTS) is 1. The van der Waals surface area contributed by atoms with Gasteiger partial charge in [-0.05, 0) is 49.8 Å². The summed E-state index contributed by atoms with van der Waals surface area (Å²) in [5, 5.41) is 12.5. The Morgan fingerprint density at radius 3 is 2.64 bits per heavy atom. The van der Waals surface area contributed by atoms with E-state index in [2.05, 4.69) is 25.3 Å². The van der Waals surface area contributed by atoms with Crippen LogP contribution in [0.4, 0.5) is 22.1 Å². The molecule has 0 unspecified atom stereocenters. The predicted molar refractivity (Wildman–Crippen MR) is 160 cm³/mol. The fourth-order valence-electron chi connectivity index (χ4n) is 5.65. The van der Waals surface area contributed by atoms with Gasteiger partial charge in [0.25, 0.3) is 0 Å². The van der Waals surface area contributed by atoms with E-state index < -0.39 is 18.5 Å². The Kier molecular flexibility index (Phi) is 6.86. The number of fused-ring (bicyclic) bond motifs is 1. The second-order valence-corrected chi connectivity index (χ2v) is 11.7. The van der Waals surface area contributed by atoms with Crippen molar-refractivity contribution in [2.24, 2.45) is 5.92 Å². The molecule has 0 radical (unpaired) electrons. The van der Waals surface area contributed by atoms with Crippen LogP contribution in [0.25, 0.3) is 5.65 Å². The fraction of sp³-hybridized carbons (Fsp3) is 0.367. The number of likely N-dealkylation sites (N-methyl/N-ethyl adjacent to an activating group) is 1. The lowest BCUT2D eigenvalue weighted by Gasteiger charge is -2.21. The van der Waals surface area contributed by atoms with Gasteiger partial charge in [-0.15, -0.1) is 0 Å². The van der Waals surface area contributed by atoms with Gasteiger partial charge < -0.3 is 19.7 Å². The summed E-state index contributed by atoms with van der Waals surface area (Å²) in [5.41, 5.74) is 3.41. The second-order valence-electron chi connectivity index (χ2n) is 11.7. The Morgan fingerprint density at radius 1 is 1.11 bits per heavy atom. The molecule has 4 amide bonds. The largest absolute Gasteiger partial charge is 0.480 e. The topological polar surface area (TPSA) is 179 Å². The smallest absolute Gasteiger partial charge is 0.331 e. The first-order valence-corrected chi connectivity index (χ1v) is 14.6. The lowest BCUT2D eigenvalue weighted by molar-refractivity contribution is -0.135. The quantitative estimate of drug-likeness (QED) is 0.252.